The average Bonchev–Trinajstić information content (AvgIpc) is 3.23. The maximum absolute atomic E-state index is 6.86. The van der Waals surface area contributed by atoms with Crippen LogP contribution in [-0.4, -0.2) is 78.9 Å². The molecule has 2 aliphatic heterocycles. The predicted octanol–water partition coefficient (Wildman–Crippen LogP) is 4.43. The van der Waals surface area contributed by atoms with Crippen LogP contribution in [0.25, 0.3) is 0 Å². The molecule has 8 nitrogen and oxygen atoms in total. The molecule has 1 aromatic heterocycles. The number of benzene rings is 1. The van der Waals surface area contributed by atoms with Crippen LogP contribution < -0.4 is 20.7 Å². The number of aromatic nitrogens is 2. The van der Waals surface area contributed by atoms with Crippen LogP contribution in [0.2, 0.25) is 0 Å². The van der Waals surface area contributed by atoms with Crippen LogP contribution in [0.15, 0.2) is 24.3 Å². The lowest BCUT2D eigenvalue weighted by Gasteiger charge is -2.39. The molecule has 2 atom stereocenters. The molecule has 8 heteroatoms. The fourth-order valence-electron chi connectivity index (χ4n) is 6.28. The fraction of sp³-hybridized carbons (Fsp3) is 0.677. The summed E-state index contributed by atoms with van der Waals surface area (Å²) in [5.41, 5.74) is 10.8. The van der Waals surface area contributed by atoms with Crippen LogP contribution in [-0.2, 0) is 19.4 Å². The largest absolute Gasteiger partial charge is 0.494 e. The molecular formula is C31H49N7O. The molecule has 1 aromatic carbocycles. The van der Waals surface area contributed by atoms with E-state index in [1.54, 1.807) is 0 Å². The normalized spacial score (nSPS) is 22.4. The van der Waals surface area contributed by atoms with Crippen LogP contribution in [0.4, 0.5) is 11.8 Å². The van der Waals surface area contributed by atoms with Gasteiger partial charge in [0.05, 0.1) is 24.5 Å². The van der Waals surface area contributed by atoms with Crippen molar-refractivity contribution >= 4 is 11.8 Å². The van der Waals surface area contributed by atoms with Crippen LogP contribution in [0.1, 0.15) is 74.6 Å². The van der Waals surface area contributed by atoms with Crippen molar-refractivity contribution < 1.29 is 4.74 Å². The molecule has 0 amide bonds. The maximum Gasteiger partial charge on any atom is 0.225 e. The number of nitrogens with zero attached hydrogens (tertiary/aromatic N) is 5. The van der Waals surface area contributed by atoms with Crippen molar-refractivity contribution in [2.24, 2.45) is 5.73 Å². The fourth-order valence-corrected chi connectivity index (χ4v) is 6.28. The molecule has 214 valence electrons. The Hall–Kier alpha value is -2.42. The number of anilines is 2. The van der Waals surface area contributed by atoms with Crippen molar-refractivity contribution in [3.05, 3.63) is 41.1 Å². The minimum Gasteiger partial charge on any atom is -0.494 e. The van der Waals surface area contributed by atoms with E-state index in [9.17, 15) is 0 Å². The average molecular weight is 536 g/mol. The van der Waals surface area contributed by atoms with E-state index in [0.717, 1.165) is 83.1 Å². The number of aryl methyl sites for hydroxylation is 1. The maximum atomic E-state index is 6.86. The van der Waals surface area contributed by atoms with Gasteiger partial charge in [0, 0.05) is 38.3 Å². The van der Waals surface area contributed by atoms with Gasteiger partial charge in [-0.25, -0.2) is 4.98 Å². The van der Waals surface area contributed by atoms with Gasteiger partial charge in [-0.3, -0.25) is 4.90 Å². The number of piperidine rings is 1. The molecule has 0 radical (unpaired) electrons. The summed E-state index contributed by atoms with van der Waals surface area (Å²) in [5.74, 6) is 2.90. The molecule has 3 heterocycles. The summed E-state index contributed by atoms with van der Waals surface area (Å²) in [7, 11) is 4.18. The summed E-state index contributed by atoms with van der Waals surface area (Å²) in [6, 6.07) is 8.65. The smallest absolute Gasteiger partial charge is 0.225 e. The number of nitrogens with two attached hydrogens (primary N) is 1. The van der Waals surface area contributed by atoms with E-state index >= 15 is 0 Å². The molecule has 2 saturated heterocycles. The Morgan fingerprint density at radius 2 is 1.72 bits per heavy atom. The molecule has 3 N–H and O–H groups in total. The van der Waals surface area contributed by atoms with Crippen LogP contribution in [0.5, 0.6) is 5.75 Å². The number of hydrogen-bond donors (Lipinski definition) is 2. The van der Waals surface area contributed by atoms with Crippen molar-refractivity contribution in [1.29, 1.82) is 0 Å². The summed E-state index contributed by atoms with van der Waals surface area (Å²) < 4.78 is 5.91. The van der Waals surface area contributed by atoms with Gasteiger partial charge >= 0.3 is 0 Å². The first-order valence-electron chi connectivity index (χ1n) is 15.3. The molecule has 2 unspecified atom stereocenters. The first-order valence-corrected chi connectivity index (χ1v) is 15.3. The van der Waals surface area contributed by atoms with Gasteiger partial charge in [-0.15, -0.1) is 0 Å². The molecule has 3 aliphatic rings. The lowest BCUT2D eigenvalue weighted by atomic mass is 9.96. The van der Waals surface area contributed by atoms with Crippen molar-refractivity contribution in [3.63, 3.8) is 0 Å². The number of likely N-dealkylation sites (tertiary alicyclic amines) is 1. The van der Waals surface area contributed by atoms with Gasteiger partial charge in [0.1, 0.15) is 11.6 Å². The van der Waals surface area contributed by atoms with Crippen molar-refractivity contribution in [2.75, 3.05) is 57.1 Å². The molecule has 0 bridgehead atoms. The van der Waals surface area contributed by atoms with E-state index in [0.29, 0.717) is 0 Å². The zero-order chi connectivity index (χ0) is 27.0. The first-order chi connectivity index (χ1) is 19.1. The van der Waals surface area contributed by atoms with E-state index in [4.69, 9.17) is 20.4 Å². The van der Waals surface area contributed by atoms with Crippen LogP contribution in [0.3, 0.4) is 0 Å². The number of rotatable bonds is 10. The van der Waals surface area contributed by atoms with Gasteiger partial charge in [0.15, 0.2) is 0 Å². The molecule has 39 heavy (non-hydrogen) atoms. The Morgan fingerprint density at radius 3 is 2.49 bits per heavy atom. The highest BCUT2D eigenvalue weighted by atomic mass is 16.5. The van der Waals surface area contributed by atoms with Gasteiger partial charge in [-0.05, 0) is 89.6 Å². The van der Waals surface area contributed by atoms with Gasteiger partial charge in [-0.2, -0.15) is 4.98 Å². The highest BCUT2D eigenvalue weighted by Gasteiger charge is 2.30. The van der Waals surface area contributed by atoms with Gasteiger partial charge in [-0.1, -0.05) is 25.0 Å². The second-order valence-corrected chi connectivity index (χ2v) is 11.9. The molecule has 0 saturated carbocycles. The van der Waals surface area contributed by atoms with Crippen molar-refractivity contribution in [3.8, 4) is 5.75 Å². The van der Waals surface area contributed by atoms with E-state index in [1.807, 2.05) is 0 Å². The summed E-state index contributed by atoms with van der Waals surface area (Å²) >= 11 is 0. The minimum absolute atomic E-state index is 0.0815. The lowest BCUT2D eigenvalue weighted by molar-refractivity contribution is 0.131. The molecule has 2 fully saturated rings. The second-order valence-electron chi connectivity index (χ2n) is 11.9. The summed E-state index contributed by atoms with van der Waals surface area (Å²) in [5, 5.41) is 3.70. The molecule has 0 spiro atoms. The first kappa shape index (κ1) is 28.1. The molecule has 2 aromatic rings. The van der Waals surface area contributed by atoms with E-state index in [1.165, 1.54) is 61.2 Å². The highest BCUT2D eigenvalue weighted by molar-refractivity contribution is 5.54. The molecular weight excluding hydrogens is 486 g/mol. The Labute approximate surface area is 235 Å². The second kappa shape index (κ2) is 13.8. The monoisotopic (exact) mass is 535 g/mol. The third-order valence-electron chi connectivity index (χ3n) is 8.50. The number of hydrogen-bond acceptors (Lipinski definition) is 8. The summed E-state index contributed by atoms with van der Waals surface area (Å²) in [4.78, 5) is 17.3. The van der Waals surface area contributed by atoms with Crippen molar-refractivity contribution in [1.82, 2.24) is 19.8 Å². The zero-order valence-corrected chi connectivity index (χ0v) is 24.2. The lowest BCUT2D eigenvalue weighted by Crippen LogP contribution is -2.56. The molecule has 5 rings (SSSR count). The highest BCUT2D eigenvalue weighted by Crippen LogP contribution is 2.31. The van der Waals surface area contributed by atoms with E-state index in [-0.39, 0.29) is 12.2 Å². The summed E-state index contributed by atoms with van der Waals surface area (Å²) in [6.07, 6.45) is 12.9. The molecule has 1 aliphatic carbocycles. The van der Waals surface area contributed by atoms with E-state index in [2.05, 4.69) is 58.4 Å². The standard InChI is InChI=1S/C31H49N7O/c1-36(2)18-10-22-39-25-16-14-24(15-17-25)23-38-21-9-13-28(29(38)32)34-31-33-27-12-6-5-11-26(27)30(35-31)37-19-7-3-4-8-20-37/h14-17,28-29H,3-13,18-23,32H2,1-2H3,(H,33,34,35). The third-order valence-corrected chi connectivity index (χ3v) is 8.50. The SMILES string of the molecule is CN(C)CCCOc1ccc(CN2CCCC(Nc3nc4c(c(N5CCCCCC5)n3)CCCC4)C2N)cc1. The predicted molar refractivity (Wildman–Crippen MR) is 159 cm³/mol. The quantitative estimate of drug-likeness (QED) is 0.433. The third kappa shape index (κ3) is 7.62. The van der Waals surface area contributed by atoms with Crippen molar-refractivity contribution in [2.45, 2.75) is 89.4 Å². The number of ether oxygens (including phenoxy) is 1. The van der Waals surface area contributed by atoms with Gasteiger partial charge < -0.3 is 25.6 Å². The summed E-state index contributed by atoms with van der Waals surface area (Å²) in [6.45, 7) is 5.85. The minimum atomic E-state index is -0.0815. The number of nitrogens with one attached hydrogen (secondary N) is 1. The van der Waals surface area contributed by atoms with Crippen LogP contribution >= 0.6 is 0 Å². The Bertz CT molecular complexity index is 1040. The Balaban J connectivity index is 1.22. The number of fused-ring (bicyclic) bond motifs is 1. The van der Waals surface area contributed by atoms with Gasteiger partial charge in [0.25, 0.3) is 0 Å². The Morgan fingerprint density at radius 1 is 0.949 bits per heavy atom. The van der Waals surface area contributed by atoms with Gasteiger partial charge in [0.2, 0.25) is 5.95 Å². The van der Waals surface area contributed by atoms with E-state index < -0.39 is 0 Å². The van der Waals surface area contributed by atoms with Crippen LogP contribution in [0, 0.1) is 0 Å². The Kier molecular flexibility index (Phi) is 9.93. The topological polar surface area (TPSA) is 82.8 Å². The zero-order valence-electron chi connectivity index (χ0n) is 24.2.